The molecule has 0 saturated carbocycles. The van der Waals surface area contributed by atoms with Gasteiger partial charge in [-0.15, -0.1) is 16.4 Å². The number of hydrogen-bond acceptors (Lipinski definition) is 8. The van der Waals surface area contributed by atoms with E-state index in [1.807, 2.05) is 0 Å². The van der Waals surface area contributed by atoms with Gasteiger partial charge in [0.05, 0.1) is 17.0 Å². The quantitative estimate of drug-likeness (QED) is 0.521. The first-order valence-corrected chi connectivity index (χ1v) is 10.3. The lowest BCUT2D eigenvalue weighted by Crippen LogP contribution is -2.19. The van der Waals surface area contributed by atoms with Gasteiger partial charge in [0.25, 0.3) is 5.91 Å². The molecular weight excluding hydrogens is 400 g/mol. The highest BCUT2D eigenvalue weighted by molar-refractivity contribution is 7.99. The molecule has 0 atom stereocenters. The summed E-state index contributed by atoms with van der Waals surface area (Å²) in [4.78, 5) is 25.4. The van der Waals surface area contributed by atoms with E-state index in [-0.39, 0.29) is 17.4 Å². The standard InChI is InChI=1S/C17H16N6O3S2/c18-15(26)14-11-2-1-3-12(11)28-16(14)19-13(25)8-27-17-20-21-22-23(17)9-4-6-10(24)7-5-9/h4-7,24H,1-3,8H2,(H2,18,26)(H,19,25). The van der Waals surface area contributed by atoms with Crippen molar-refractivity contribution in [2.45, 2.75) is 24.4 Å². The topological polar surface area (TPSA) is 136 Å². The van der Waals surface area contributed by atoms with Crippen LogP contribution in [0.2, 0.25) is 0 Å². The number of tetrazole rings is 1. The third-order valence-corrected chi connectivity index (χ3v) is 6.41. The Balaban J connectivity index is 1.45. The Morgan fingerprint density at radius 3 is 2.82 bits per heavy atom. The molecule has 9 nitrogen and oxygen atoms in total. The average Bonchev–Trinajstić information content (AvgIpc) is 3.36. The number of aromatic hydroxyl groups is 1. The fourth-order valence-corrected chi connectivity index (χ4v) is 5.07. The number of nitrogens with two attached hydrogens (primary N) is 1. The molecule has 0 bridgehead atoms. The van der Waals surface area contributed by atoms with E-state index in [1.165, 1.54) is 39.9 Å². The first-order valence-electron chi connectivity index (χ1n) is 8.47. The highest BCUT2D eigenvalue weighted by Gasteiger charge is 2.26. The van der Waals surface area contributed by atoms with E-state index in [4.69, 9.17) is 5.73 Å². The van der Waals surface area contributed by atoms with Crippen molar-refractivity contribution in [1.29, 1.82) is 0 Å². The number of carbonyl (C=O) groups excluding carboxylic acids is 2. The van der Waals surface area contributed by atoms with Gasteiger partial charge in [-0.1, -0.05) is 11.8 Å². The van der Waals surface area contributed by atoms with Gasteiger partial charge in [0.2, 0.25) is 11.1 Å². The van der Waals surface area contributed by atoms with Crippen LogP contribution in [0.25, 0.3) is 5.69 Å². The minimum absolute atomic E-state index is 0.0687. The Morgan fingerprint density at radius 2 is 2.07 bits per heavy atom. The van der Waals surface area contributed by atoms with Crippen LogP contribution in [0, 0.1) is 0 Å². The number of hydrogen-bond donors (Lipinski definition) is 3. The van der Waals surface area contributed by atoms with Gasteiger partial charge in [0.15, 0.2) is 0 Å². The van der Waals surface area contributed by atoms with Crippen LogP contribution >= 0.6 is 23.1 Å². The second kappa shape index (κ2) is 7.60. The fraction of sp³-hybridized carbons (Fsp3) is 0.235. The second-order valence-corrected chi connectivity index (χ2v) is 8.20. The molecule has 2 heterocycles. The first-order chi connectivity index (χ1) is 13.5. The molecule has 1 aliphatic rings. The van der Waals surface area contributed by atoms with E-state index in [0.717, 1.165) is 29.7 Å². The Bertz CT molecular complexity index is 1040. The number of benzene rings is 1. The number of thiophene rings is 1. The molecule has 28 heavy (non-hydrogen) atoms. The van der Waals surface area contributed by atoms with E-state index in [0.29, 0.717) is 21.4 Å². The summed E-state index contributed by atoms with van der Waals surface area (Å²) in [7, 11) is 0. The fourth-order valence-electron chi connectivity index (χ4n) is 3.07. The van der Waals surface area contributed by atoms with Gasteiger partial charge in [-0.3, -0.25) is 9.59 Å². The van der Waals surface area contributed by atoms with Gasteiger partial charge in [0.1, 0.15) is 10.8 Å². The number of fused-ring (bicyclic) bond motifs is 1. The van der Waals surface area contributed by atoms with E-state index in [2.05, 4.69) is 20.8 Å². The maximum absolute atomic E-state index is 12.4. The zero-order valence-corrected chi connectivity index (χ0v) is 16.2. The molecule has 1 aromatic carbocycles. The predicted octanol–water partition coefficient (Wildman–Crippen LogP) is 1.75. The summed E-state index contributed by atoms with van der Waals surface area (Å²) in [5.74, 6) is -0.580. The minimum Gasteiger partial charge on any atom is -0.508 e. The van der Waals surface area contributed by atoms with Crippen molar-refractivity contribution in [2.24, 2.45) is 5.73 Å². The van der Waals surface area contributed by atoms with Crippen LogP contribution in [0.5, 0.6) is 5.75 Å². The third-order valence-electron chi connectivity index (χ3n) is 4.29. The summed E-state index contributed by atoms with van der Waals surface area (Å²) >= 11 is 2.58. The number of anilines is 1. The van der Waals surface area contributed by atoms with Crippen LogP contribution in [0.3, 0.4) is 0 Å². The van der Waals surface area contributed by atoms with Gasteiger partial charge < -0.3 is 16.2 Å². The summed E-state index contributed by atoms with van der Waals surface area (Å²) in [6.45, 7) is 0. The number of aromatic nitrogens is 4. The molecule has 4 N–H and O–H groups in total. The largest absolute Gasteiger partial charge is 0.508 e. The van der Waals surface area contributed by atoms with Crippen molar-refractivity contribution in [3.05, 3.63) is 40.3 Å². The highest BCUT2D eigenvalue weighted by atomic mass is 32.2. The Hall–Kier alpha value is -2.92. The van der Waals surface area contributed by atoms with E-state index < -0.39 is 5.91 Å². The van der Waals surface area contributed by atoms with Crippen LogP contribution in [0.15, 0.2) is 29.4 Å². The molecule has 2 amide bonds. The molecule has 0 radical (unpaired) electrons. The third kappa shape index (κ3) is 3.58. The Morgan fingerprint density at radius 1 is 1.29 bits per heavy atom. The molecule has 0 spiro atoms. The Kier molecular flexibility index (Phi) is 5.01. The zero-order chi connectivity index (χ0) is 19.7. The second-order valence-electron chi connectivity index (χ2n) is 6.15. The number of carbonyl (C=O) groups is 2. The molecule has 144 valence electrons. The average molecular weight is 416 g/mol. The van der Waals surface area contributed by atoms with Crippen LogP contribution in [0.4, 0.5) is 5.00 Å². The molecule has 0 fully saturated rings. The lowest BCUT2D eigenvalue weighted by Gasteiger charge is -2.06. The summed E-state index contributed by atoms with van der Waals surface area (Å²) < 4.78 is 1.48. The minimum atomic E-state index is -0.515. The molecule has 11 heteroatoms. The van der Waals surface area contributed by atoms with Crippen molar-refractivity contribution >= 4 is 39.9 Å². The van der Waals surface area contributed by atoms with Gasteiger partial charge in [-0.2, -0.15) is 4.68 Å². The van der Waals surface area contributed by atoms with Crippen molar-refractivity contribution < 1.29 is 14.7 Å². The maximum atomic E-state index is 12.4. The number of rotatable bonds is 6. The SMILES string of the molecule is NC(=O)c1c(NC(=O)CSc2nnnn2-c2ccc(O)cc2)sc2c1CCC2. The summed E-state index contributed by atoms with van der Waals surface area (Å²) in [5.41, 5.74) is 7.58. The van der Waals surface area contributed by atoms with Crippen LogP contribution in [-0.4, -0.2) is 42.9 Å². The van der Waals surface area contributed by atoms with E-state index in [9.17, 15) is 14.7 Å². The molecule has 3 aromatic rings. The molecule has 1 aliphatic carbocycles. The molecule has 0 aliphatic heterocycles. The van der Waals surface area contributed by atoms with Crippen molar-refractivity contribution in [1.82, 2.24) is 20.2 Å². The van der Waals surface area contributed by atoms with Crippen LogP contribution < -0.4 is 11.1 Å². The molecule has 2 aromatic heterocycles. The van der Waals surface area contributed by atoms with E-state index >= 15 is 0 Å². The number of nitrogens with one attached hydrogen (secondary N) is 1. The summed E-state index contributed by atoms with van der Waals surface area (Å²) in [6.07, 6.45) is 2.73. The van der Waals surface area contributed by atoms with Gasteiger partial charge in [-0.25, -0.2) is 0 Å². The number of phenolic OH excluding ortho intramolecular Hbond substituents is 1. The number of aryl methyl sites for hydroxylation is 1. The maximum Gasteiger partial charge on any atom is 0.251 e. The van der Waals surface area contributed by atoms with Crippen LogP contribution in [0.1, 0.15) is 27.2 Å². The van der Waals surface area contributed by atoms with Gasteiger partial charge >= 0.3 is 0 Å². The van der Waals surface area contributed by atoms with E-state index in [1.54, 1.807) is 12.1 Å². The number of amides is 2. The number of thioether (sulfide) groups is 1. The Labute approximate surface area is 167 Å². The molecule has 4 rings (SSSR count). The molecule has 0 unspecified atom stereocenters. The molecule has 0 saturated heterocycles. The number of nitrogens with zero attached hydrogens (tertiary/aromatic N) is 4. The normalized spacial score (nSPS) is 12.7. The van der Waals surface area contributed by atoms with Gasteiger partial charge in [-0.05, 0) is 59.5 Å². The summed E-state index contributed by atoms with van der Waals surface area (Å²) in [5, 5.41) is 24.6. The first kappa shape index (κ1) is 18.4. The zero-order valence-electron chi connectivity index (χ0n) is 14.6. The van der Waals surface area contributed by atoms with Crippen molar-refractivity contribution in [3.63, 3.8) is 0 Å². The highest BCUT2D eigenvalue weighted by Crippen LogP contribution is 2.38. The lowest BCUT2D eigenvalue weighted by molar-refractivity contribution is -0.113. The monoisotopic (exact) mass is 416 g/mol. The predicted molar refractivity (Wildman–Crippen MR) is 105 cm³/mol. The smallest absolute Gasteiger partial charge is 0.251 e. The summed E-state index contributed by atoms with van der Waals surface area (Å²) in [6, 6.07) is 6.39. The van der Waals surface area contributed by atoms with Crippen molar-refractivity contribution in [3.8, 4) is 11.4 Å². The molecular formula is C17H16N6O3S2. The number of phenols is 1. The van der Waals surface area contributed by atoms with Crippen molar-refractivity contribution in [2.75, 3.05) is 11.1 Å². The number of primary amides is 1. The van der Waals surface area contributed by atoms with Gasteiger partial charge in [0, 0.05) is 4.88 Å². The lowest BCUT2D eigenvalue weighted by atomic mass is 10.1. The van der Waals surface area contributed by atoms with Crippen LogP contribution in [-0.2, 0) is 17.6 Å².